The van der Waals surface area contributed by atoms with Crippen LogP contribution in [0, 0.1) is 0 Å². The summed E-state index contributed by atoms with van der Waals surface area (Å²) >= 11 is 12.2. The number of fused-ring (bicyclic) bond motifs is 1. The van der Waals surface area contributed by atoms with E-state index in [4.69, 9.17) is 27.9 Å². The molecule has 22 heavy (non-hydrogen) atoms. The molecule has 0 saturated heterocycles. The molecule has 0 aromatic heterocycles. The minimum atomic E-state index is 0.709. The first-order valence-electron chi connectivity index (χ1n) is 6.86. The molecule has 0 radical (unpaired) electrons. The molecule has 3 aromatic carbocycles. The van der Waals surface area contributed by atoms with E-state index in [0.29, 0.717) is 5.02 Å². The Morgan fingerprint density at radius 2 is 1.50 bits per heavy atom. The highest BCUT2D eigenvalue weighted by atomic mass is 35.5. The summed E-state index contributed by atoms with van der Waals surface area (Å²) in [5.41, 5.74) is 3.23. The van der Waals surface area contributed by atoms with Gasteiger partial charge in [0.15, 0.2) is 0 Å². The van der Waals surface area contributed by atoms with Crippen molar-refractivity contribution in [3.63, 3.8) is 0 Å². The van der Waals surface area contributed by atoms with Crippen LogP contribution in [0.2, 0.25) is 10.0 Å². The van der Waals surface area contributed by atoms with Crippen molar-refractivity contribution in [2.24, 2.45) is 0 Å². The smallest absolute Gasteiger partial charge is 0.0830 e. The second-order valence-corrected chi connectivity index (χ2v) is 5.85. The third-order valence-electron chi connectivity index (χ3n) is 3.51. The van der Waals surface area contributed by atoms with Gasteiger partial charge in [0.05, 0.1) is 13.4 Å². The lowest BCUT2D eigenvalue weighted by atomic mass is 9.97. The van der Waals surface area contributed by atoms with E-state index < -0.39 is 0 Å². The van der Waals surface area contributed by atoms with Gasteiger partial charge in [0.2, 0.25) is 0 Å². The molecular formula is C19H14Cl2O. The third kappa shape index (κ3) is 3.11. The van der Waals surface area contributed by atoms with E-state index in [2.05, 4.69) is 18.2 Å². The Morgan fingerprint density at radius 3 is 2.32 bits per heavy atom. The van der Waals surface area contributed by atoms with Crippen molar-refractivity contribution in [3.8, 4) is 11.1 Å². The first-order chi connectivity index (χ1) is 10.7. The normalized spacial score (nSPS) is 11.2. The molecule has 0 spiro atoms. The zero-order valence-corrected chi connectivity index (χ0v) is 13.5. The van der Waals surface area contributed by atoms with Gasteiger partial charge < -0.3 is 4.74 Å². The van der Waals surface area contributed by atoms with Crippen LogP contribution in [0.25, 0.3) is 28.0 Å². The Morgan fingerprint density at radius 1 is 0.818 bits per heavy atom. The minimum absolute atomic E-state index is 0.709. The molecular weight excluding hydrogens is 315 g/mol. The highest BCUT2D eigenvalue weighted by molar-refractivity contribution is 6.31. The van der Waals surface area contributed by atoms with E-state index >= 15 is 0 Å². The molecule has 0 aliphatic heterocycles. The molecule has 0 amide bonds. The van der Waals surface area contributed by atoms with Crippen molar-refractivity contribution in [1.82, 2.24) is 0 Å². The van der Waals surface area contributed by atoms with Crippen molar-refractivity contribution in [3.05, 3.63) is 76.5 Å². The number of benzene rings is 3. The zero-order chi connectivity index (χ0) is 15.5. The molecule has 3 aromatic rings. The molecule has 0 aliphatic carbocycles. The standard InChI is InChI=1S/C19H14Cl2O/c1-22-9-8-13-4-6-18(21)12-19(13)16-3-2-15-11-17(20)7-5-14(15)10-16/h2-12H,1H3/b9-8+. The summed E-state index contributed by atoms with van der Waals surface area (Å²) in [5.74, 6) is 0. The highest BCUT2D eigenvalue weighted by Gasteiger charge is 2.06. The number of methoxy groups -OCH3 is 1. The molecule has 0 N–H and O–H groups in total. The molecule has 3 rings (SSSR count). The SMILES string of the molecule is CO/C=C/c1ccc(Cl)cc1-c1ccc2cc(Cl)ccc2c1. The first kappa shape index (κ1) is 15.0. The van der Waals surface area contributed by atoms with Crippen LogP contribution < -0.4 is 0 Å². The summed E-state index contributed by atoms with van der Waals surface area (Å²) < 4.78 is 5.02. The van der Waals surface area contributed by atoms with Gasteiger partial charge in [-0.2, -0.15) is 0 Å². The lowest BCUT2D eigenvalue weighted by molar-refractivity contribution is 0.341. The first-order valence-corrected chi connectivity index (χ1v) is 7.61. The van der Waals surface area contributed by atoms with Crippen molar-refractivity contribution >= 4 is 40.1 Å². The molecule has 0 fully saturated rings. The predicted octanol–water partition coefficient (Wildman–Crippen LogP) is 6.43. The Kier molecular flexibility index (Phi) is 4.37. The fourth-order valence-corrected chi connectivity index (χ4v) is 2.80. The number of hydrogen-bond acceptors (Lipinski definition) is 1. The summed E-state index contributed by atoms with van der Waals surface area (Å²) in [6.45, 7) is 0. The third-order valence-corrected chi connectivity index (χ3v) is 3.98. The molecule has 0 heterocycles. The summed E-state index contributed by atoms with van der Waals surface area (Å²) in [5, 5.41) is 3.71. The Hall–Kier alpha value is -1.96. The fourth-order valence-electron chi connectivity index (χ4n) is 2.45. The van der Waals surface area contributed by atoms with E-state index in [-0.39, 0.29) is 0 Å². The maximum Gasteiger partial charge on any atom is 0.0830 e. The Bertz CT molecular complexity index is 853. The number of hydrogen-bond donors (Lipinski definition) is 0. The largest absolute Gasteiger partial charge is 0.504 e. The molecule has 0 bridgehead atoms. The van der Waals surface area contributed by atoms with E-state index in [9.17, 15) is 0 Å². The summed E-state index contributed by atoms with van der Waals surface area (Å²) in [6.07, 6.45) is 3.59. The topological polar surface area (TPSA) is 9.23 Å². The second-order valence-electron chi connectivity index (χ2n) is 4.98. The molecule has 0 aliphatic rings. The van der Waals surface area contributed by atoms with Crippen LogP contribution in [0.1, 0.15) is 5.56 Å². The number of ether oxygens (including phenoxy) is 1. The van der Waals surface area contributed by atoms with Gasteiger partial charge in [-0.3, -0.25) is 0 Å². The molecule has 0 saturated carbocycles. The minimum Gasteiger partial charge on any atom is -0.504 e. The van der Waals surface area contributed by atoms with Gasteiger partial charge in [0.25, 0.3) is 0 Å². The maximum atomic E-state index is 6.17. The summed E-state index contributed by atoms with van der Waals surface area (Å²) in [4.78, 5) is 0. The van der Waals surface area contributed by atoms with Gasteiger partial charge in [-0.05, 0) is 63.9 Å². The van der Waals surface area contributed by atoms with Crippen LogP contribution in [0.15, 0.2) is 60.9 Å². The number of rotatable bonds is 3. The van der Waals surface area contributed by atoms with Crippen LogP contribution in [0.4, 0.5) is 0 Å². The van der Waals surface area contributed by atoms with E-state index in [0.717, 1.165) is 32.5 Å². The molecule has 110 valence electrons. The summed E-state index contributed by atoms with van der Waals surface area (Å²) in [7, 11) is 1.63. The number of halogens is 2. The second kappa shape index (κ2) is 6.43. The van der Waals surface area contributed by atoms with Gasteiger partial charge in [0, 0.05) is 10.0 Å². The van der Waals surface area contributed by atoms with Crippen molar-refractivity contribution in [1.29, 1.82) is 0 Å². The van der Waals surface area contributed by atoms with Crippen molar-refractivity contribution in [2.75, 3.05) is 7.11 Å². The van der Waals surface area contributed by atoms with Gasteiger partial charge in [0.1, 0.15) is 0 Å². The van der Waals surface area contributed by atoms with Crippen LogP contribution in [-0.2, 0) is 4.74 Å². The lowest BCUT2D eigenvalue weighted by Crippen LogP contribution is -1.85. The predicted molar refractivity (Wildman–Crippen MR) is 95.4 cm³/mol. The van der Waals surface area contributed by atoms with Crippen LogP contribution >= 0.6 is 23.2 Å². The van der Waals surface area contributed by atoms with Crippen molar-refractivity contribution < 1.29 is 4.74 Å². The highest BCUT2D eigenvalue weighted by Crippen LogP contribution is 2.31. The van der Waals surface area contributed by atoms with Crippen molar-refractivity contribution in [2.45, 2.75) is 0 Å². The molecule has 1 nitrogen and oxygen atoms in total. The summed E-state index contributed by atoms with van der Waals surface area (Å²) in [6, 6.07) is 18.0. The van der Waals surface area contributed by atoms with E-state index in [1.54, 1.807) is 13.4 Å². The van der Waals surface area contributed by atoms with Gasteiger partial charge in [-0.1, -0.05) is 47.5 Å². The molecule has 3 heteroatoms. The fraction of sp³-hybridized carbons (Fsp3) is 0.0526. The van der Waals surface area contributed by atoms with Gasteiger partial charge in [-0.15, -0.1) is 0 Å². The quantitative estimate of drug-likeness (QED) is 0.503. The zero-order valence-electron chi connectivity index (χ0n) is 12.0. The Labute approximate surface area is 139 Å². The monoisotopic (exact) mass is 328 g/mol. The average molecular weight is 329 g/mol. The van der Waals surface area contributed by atoms with Gasteiger partial charge in [-0.25, -0.2) is 0 Å². The average Bonchev–Trinajstić information content (AvgIpc) is 2.53. The maximum absolute atomic E-state index is 6.17. The van der Waals surface area contributed by atoms with Crippen LogP contribution in [0.5, 0.6) is 0 Å². The molecule has 0 atom stereocenters. The molecule has 0 unspecified atom stereocenters. The Balaban J connectivity index is 2.15. The lowest BCUT2D eigenvalue weighted by Gasteiger charge is -2.09. The van der Waals surface area contributed by atoms with Crippen LogP contribution in [0.3, 0.4) is 0 Å². The van der Waals surface area contributed by atoms with E-state index in [1.807, 2.05) is 42.5 Å². The van der Waals surface area contributed by atoms with Gasteiger partial charge >= 0.3 is 0 Å². The van der Waals surface area contributed by atoms with Crippen LogP contribution in [-0.4, -0.2) is 7.11 Å². The van der Waals surface area contributed by atoms with E-state index in [1.165, 1.54) is 0 Å².